The van der Waals surface area contributed by atoms with Crippen molar-refractivity contribution in [3.63, 3.8) is 0 Å². The molecule has 0 aromatic rings. The Hall–Kier alpha value is -1.17. The Morgan fingerprint density at radius 1 is 1.47 bits per heavy atom. The maximum Gasteiger partial charge on any atom is 0.308 e. The van der Waals surface area contributed by atoms with Gasteiger partial charge in [-0.3, -0.25) is 19.8 Å². The molecule has 6 heteroatoms. The molecule has 1 rings (SSSR count). The van der Waals surface area contributed by atoms with Crippen molar-refractivity contribution in [2.75, 3.05) is 26.7 Å². The molecule has 0 N–H and O–H groups in total. The number of carbonyl (C=O) groups is 1. The van der Waals surface area contributed by atoms with Crippen LogP contribution in [0.2, 0.25) is 0 Å². The van der Waals surface area contributed by atoms with E-state index in [1.165, 1.54) is 7.11 Å². The van der Waals surface area contributed by atoms with Crippen LogP contribution in [0.15, 0.2) is 0 Å². The molecule has 0 radical (unpaired) electrons. The second-order valence-corrected chi connectivity index (χ2v) is 5.14. The molecular formula is C11H20N2O4. The number of nitrogens with zero attached hydrogens (tertiary/aromatic N) is 2. The molecule has 0 atom stereocenters. The van der Waals surface area contributed by atoms with Gasteiger partial charge in [0.15, 0.2) is 0 Å². The second-order valence-electron chi connectivity index (χ2n) is 5.14. The Balaban J connectivity index is 2.43. The molecule has 1 saturated heterocycles. The Morgan fingerprint density at radius 3 is 2.41 bits per heavy atom. The highest BCUT2D eigenvalue weighted by molar-refractivity contribution is 5.72. The van der Waals surface area contributed by atoms with Gasteiger partial charge in [-0.05, 0) is 25.9 Å². The first-order chi connectivity index (χ1) is 7.86. The molecule has 0 unspecified atom stereocenters. The summed E-state index contributed by atoms with van der Waals surface area (Å²) in [6.07, 6.45) is 1.45. The van der Waals surface area contributed by atoms with Crippen LogP contribution in [-0.4, -0.2) is 48.1 Å². The molecule has 1 fully saturated rings. The predicted molar refractivity (Wildman–Crippen MR) is 62.3 cm³/mol. The number of rotatable bonds is 4. The molecule has 0 bridgehead atoms. The van der Waals surface area contributed by atoms with Crippen LogP contribution in [0.3, 0.4) is 0 Å². The zero-order valence-electron chi connectivity index (χ0n) is 10.6. The Bertz CT molecular complexity index is 296. The summed E-state index contributed by atoms with van der Waals surface area (Å²) in [5, 5.41) is 10.8. The van der Waals surface area contributed by atoms with E-state index in [1.807, 2.05) is 4.90 Å². The molecule has 1 heterocycles. The first-order valence-corrected chi connectivity index (χ1v) is 5.81. The lowest BCUT2D eigenvalue weighted by atomic mass is 9.95. The van der Waals surface area contributed by atoms with E-state index in [1.54, 1.807) is 13.8 Å². The summed E-state index contributed by atoms with van der Waals surface area (Å²) < 4.78 is 4.70. The maximum absolute atomic E-state index is 11.3. The van der Waals surface area contributed by atoms with Crippen molar-refractivity contribution in [1.82, 2.24) is 4.90 Å². The number of piperidine rings is 1. The third-order valence-corrected chi connectivity index (χ3v) is 3.23. The van der Waals surface area contributed by atoms with Crippen molar-refractivity contribution in [1.29, 1.82) is 0 Å². The average molecular weight is 244 g/mol. The van der Waals surface area contributed by atoms with Crippen molar-refractivity contribution in [2.24, 2.45) is 5.92 Å². The van der Waals surface area contributed by atoms with E-state index < -0.39 is 5.54 Å². The number of methoxy groups -OCH3 is 1. The van der Waals surface area contributed by atoms with Crippen LogP contribution in [0.25, 0.3) is 0 Å². The van der Waals surface area contributed by atoms with Crippen molar-refractivity contribution in [2.45, 2.75) is 32.2 Å². The fourth-order valence-electron chi connectivity index (χ4n) is 2.10. The third-order valence-electron chi connectivity index (χ3n) is 3.23. The van der Waals surface area contributed by atoms with Gasteiger partial charge >= 0.3 is 5.97 Å². The molecule has 98 valence electrons. The van der Waals surface area contributed by atoms with Gasteiger partial charge in [0, 0.05) is 18.8 Å². The van der Waals surface area contributed by atoms with E-state index in [0.29, 0.717) is 6.54 Å². The van der Waals surface area contributed by atoms with E-state index in [2.05, 4.69) is 0 Å². The first-order valence-electron chi connectivity index (χ1n) is 5.81. The van der Waals surface area contributed by atoms with Gasteiger partial charge in [-0.1, -0.05) is 0 Å². The summed E-state index contributed by atoms with van der Waals surface area (Å²) >= 11 is 0. The van der Waals surface area contributed by atoms with Gasteiger partial charge in [-0.2, -0.15) is 0 Å². The number of nitro groups is 1. The minimum absolute atomic E-state index is 0.0463. The molecule has 0 aromatic heterocycles. The Kier molecular flexibility index (Phi) is 4.45. The molecule has 0 saturated carbocycles. The number of ether oxygens (including phenoxy) is 1. The van der Waals surface area contributed by atoms with Gasteiger partial charge in [0.25, 0.3) is 0 Å². The standard InChI is InChI=1S/C11H20N2O4/c1-11(2,13(15)16)8-12-6-4-9(5-7-12)10(14)17-3/h9H,4-8H2,1-3H3. The largest absolute Gasteiger partial charge is 0.469 e. The summed E-state index contributed by atoms with van der Waals surface area (Å²) in [4.78, 5) is 23.9. The van der Waals surface area contributed by atoms with Gasteiger partial charge in [0.1, 0.15) is 0 Å². The number of hydrogen-bond acceptors (Lipinski definition) is 5. The molecule has 0 amide bonds. The smallest absolute Gasteiger partial charge is 0.308 e. The minimum atomic E-state index is -0.932. The molecular weight excluding hydrogens is 224 g/mol. The van der Waals surface area contributed by atoms with Gasteiger partial charge in [-0.25, -0.2) is 0 Å². The SMILES string of the molecule is COC(=O)C1CCN(CC(C)(C)[N+](=O)[O-])CC1. The molecule has 0 spiro atoms. The normalized spacial score (nSPS) is 19.0. The van der Waals surface area contributed by atoms with Crippen LogP contribution in [0, 0.1) is 16.0 Å². The highest BCUT2D eigenvalue weighted by Gasteiger charge is 2.35. The predicted octanol–water partition coefficient (Wildman–Crippen LogP) is 0.927. The summed E-state index contributed by atoms with van der Waals surface area (Å²) in [5.41, 5.74) is -0.932. The van der Waals surface area contributed by atoms with Crippen molar-refractivity contribution in [3.05, 3.63) is 10.1 Å². The van der Waals surface area contributed by atoms with E-state index in [9.17, 15) is 14.9 Å². The summed E-state index contributed by atoms with van der Waals surface area (Å²) in [7, 11) is 1.39. The summed E-state index contributed by atoms with van der Waals surface area (Å²) in [6.45, 7) is 5.11. The van der Waals surface area contributed by atoms with E-state index in [4.69, 9.17) is 4.74 Å². The average Bonchev–Trinajstić information content (AvgIpc) is 2.28. The number of carbonyl (C=O) groups excluding carboxylic acids is 1. The van der Waals surface area contributed by atoms with Crippen LogP contribution < -0.4 is 0 Å². The zero-order valence-corrected chi connectivity index (χ0v) is 10.6. The van der Waals surface area contributed by atoms with Crippen LogP contribution in [-0.2, 0) is 9.53 Å². The van der Waals surface area contributed by atoms with Crippen LogP contribution in [0.4, 0.5) is 0 Å². The van der Waals surface area contributed by atoms with Gasteiger partial charge in [-0.15, -0.1) is 0 Å². The number of likely N-dealkylation sites (tertiary alicyclic amines) is 1. The molecule has 1 aliphatic heterocycles. The molecule has 6 nitrogen and oxygen atoms in total. The summed E-state index contributed by atoms with van der Waals surface area (Å²) in [6, 6.07) is 0. The molecule has 1 aliphatic rings. The van der Waals surface area contributed by atoms with Crippen molar-refractivity contribution < 1.29 is 14.5 Å². The highest BCUT2D eigenvalue weighted by Crippen LogP contribution is 2.20. The lowest BCUT2D eigenvalue weighted by Crippen LogP contribution is -2.47. The van der Waals surface area contributed by atoms with Crippen LogP contribution in [0.1, 0.15) is 26.7 Å². The lowest BCUT2D eigenvalue weighted by molar-refractivity contribution is -0.561. The Morgan fingerprint density at radius 2 is 2.00 bits per heavy atom. The fourth-order valence-corrected chi connectivity index (χ4v) is 2.10. The fraction of sp³-hybridized carbons (Fsp3) is 0.909. The van der Waals surface area contributed by atoms with Gasteiger partial charge < -0.3 is 4.74 Å². The minimum Gasteiger partial charge on any atom is -0.469 e. The van der Waals surface area contributed by atoms with E-state index in [-0.39, 0.29) is 16.8 Å². The maximum atomic E-state index is 11.3. The van der Waals surface area contributed by atoms with Crippen molar-refractivity contribution >= 4 is 5.97 Å². The van der Waals surface area contributed by atoms with Crippen molar-refractivity contribution in [3.8, 4) is 0 Å². The van der Waals surface area contributed by atoms with E-state index >= 15 is 0 Å². The zero-order chi connectivity index (χ0) is 13.1. The molecule has 17 heavy (non-hydrogen) atoms. The topological polar surface area (TPSA) is 72.7 Å². The van der Waals surface area contributed by atoms with Gasteiger partial charge in [0.05, 0.1) is 19.6 Å². The second kappa shape index (κ2) is 5.44. The first kappa shape index (κ1) is 13.9. The third kappa shape index (κ3) is 3.66. The van der Waals surface area contributed by atoms with E-state index in [0.717, 1.165) is 25.9 Å². The van der Waals surface area contributed by atoms with Crippen LogP contribution in [0.5, 0.6) is 0 Å². The quantitative estimate of drug-likeness (QED) is 0.418. The van der Waals surface area contributed by atoms with Crippen LogP contribution >= 0.6 is 0 Å². The molecule has 0 aliphatic carbocycles. The lowest BCUT2D eigenvalue weighted by Gasteiger charge is -2.32. The number of esters is 1. The highest BCUT2D eigenvalue weighted by atomic mass is 16.6. The van der Waals surface area contributed by atoms with Gasteiger partial charge in [0.2, 0.25) is 5.54 Å². The monoisotopic (exact) mass is 244 g/mol. The summed E-state index contributed by atoms with van der Waals surface area (Å²) in [5.74, 6) is -0.215. The molecule has 0 aromatic carbocycles. The Labute approximate surface area is 101 Å². The number of hydrogen-bond donors (Lipinski definition) is 0.